The van der Waals surface area contributed by atoms with Crippen molar-refractivity contribution >= 4 is 5.97 Å². The van der Waals surface area contributed by atoms with E-state index < -0.39 is 11.4 Å². The maximum atomic E-state index is 12.8. The van der Waals surface area contributed by atoms with E-state index in [2.05, 4.69) is 4.90 Å². The van der Waals surface area contributed by atoms with Crippen molar-refractivity contribution in [1.29, 1.82) is 0 Å². The largest absolute Gasteiger partial charge is 0.492 e. The van der Waals surface area contributed by atoms with Crippen LogP contribution in [0.4, 0.5) is 4.39 Å². The molecule has 1 aromatic carbocycles. The Balaban J connectivity index is 1.83. The van der Waals surface area contributed by atoms with Gasteiger partial charge in [-0.05, 0) is 43.1 Å². The lowest BCUT2D eigenvalue weighted by molar-refractivity contribution is -0.151. The zero-order valence-corrected chi connectivity index (χ0v) is 12.5. The summed E-state index contributed by atoms with van der Waals surface area (Å²) >= 11 is 0. The molecule has 116 valence electrons. The molecule has 0 saturated carbocycles. The molecule has 21 heavy (non-hydrogen) atoms. The minimum absolute atomic E-state index is 0.109. The van der Waals surface area contributed by atoms with Crippen molar-refractivity contribution in [3.8, 4) is 5.75 Å². The Hall–Kier alpha value is -1.62. The molecule has 0 aliphatic carbocycles. The predicted octanol–water partition coefficient (Wildman–Crippen LogP) is 2.64. The van der Waals surface area contributed by atoms with Gasteiger partial charge in [0.15, 0.2) is 0 Å². The van der Waals surface area contributed by atoms with Crippen molar-refractivity contribution in [2.75, 3.05) is 26.2 Å². The van der Waals surface area contributed by atoms with Crippen LogP contribution in [0.15, 0.2) is 24.3 Å². The quantitative estimate of drug-likeness (QED) is 0.876. The third-order valence-electron chi connectivity index (χ3n) is 4.40. The smallest absolute Gasteiger partial charge is 0.311 e. The number of nitrogens with zero attached hydrogens (tertiary/aromatic N) is 1. The van der Waals surface area contributed by atoms with Crippen molar-refractivity contribution in [3.05, 3.63) is 30.1 Å². The van der Waals surface area contributed by atoms with E-state index in [1.807, 2.05) is 13.8 Å². The van der Waals surface area contributed by atoms with Gasteiger partial charge >= 0.3 is 5.97 Å². The number of halogens is 1. The summed E-state index contributed by atoms with van der Waals surface area (Å²) < 4.78 is 18.3. The zero-order chi connectivity index (χ0) is 15.5. The molecule has 1 aliphatic rings. The number of ether oxygens (including phenoxy) is 1. The summed E-state index contributed by atoms with van der Waals surface area (Å²) in [5, 5.41) is 9.49. The summed E-state index contributed by atoms with van der Waals surface area (Å²) in [7, 11) is 0. The van der Waals surface area contributed by atoms with Crippen LogP contribution in [0.3, 0.4) is 0 Å². The molecular weight excluding hydrogens is 273 g/mol. The number of carboxylic acid groups (broad SMARTS) is 1. The van der Waals surface area contributed by atoms with E-state index in [0.29, 0.717) is 31.9 Å². The number of carboxylic acids is 1. The van der Waals surface area contributed by atoms with Crippen LogP contribution >= 0.6 is 0 Å². The van der Waals surface area contributed by atoms with Gasteiger partial charge in [0.1, 0.15) is 18.2 Å². The molecule has 1 fully saturated rings. The molecule has 0 amide bonds. The molecule has 2 rings (SSSR count). The van der Waals surface area contributed by atoms with Crippen LogP contribution in [0.25, 0.3) is 0 Å². The van der Waals surface area contributed by atoms with Crippen LogP contribution in [-0.4, -0.2) is 42.2 Å². The summed E-state index contributed by atoms with van der Waals surface area (Å²) in [5.41, 5.74) is -0.643. The highest BCUT2D eigenvalue weighted by Gasteiger charge is 2.46. The maximum absolute atomic E-state index is 12.8. The van der Waals surface area contributed by atoms with Gasteiger partial charge in [-0.25, -0.2) is 4.39 Å². The Labute approximate surface area is 124 Å². The van der Waals surface area contributed by atoms with Crippen LogP contribution in [0, 0.1) is 17.2 Å². The van der Waals surface area contributed by atoms with E-state index in [-0.39, 0.29) is 11.7 Å². The van der Waals surface area contributed by atoms with Gasteiger partial charge in [0.05, 0.1) is 5.41 Å². The first-order valence-electron chi connectivity index (χ1n) is 7.28. The number of hydrogen-bond acceptors (Lipinski definition) is 3. The van der Waals surface area contributed by atoms with Gasteiger partial charge in [0.2, 0.25) is 0 Å². The predicted molar refractivity (Wildman–Crippen MR) is 77.9 cm³/mol. The normalized spacial score (nSPS) is 22.7. The highest BCUT2D eigenvalue weighted by Crippen LogP contribution is 2.37. The Morgan fingerprint density at radius 2 is 2.10 bits per heavy atom. The van der Waals surface area contributed by atoms with E-state index >= 15 is 0 Å². The molecule has 1 aliphatic heterocycles. The van der Waals surface area contributed by atoms with Crippen LogP contribution < -0.4 is 4.74 Å². The van der Waals surface area contributed by atoms with Gasteiger partial charge < -0.3 is 9.84 Å². The van der Waals surface area contributed by atoms with E-state index in [0.717, 1.165) is 6.54 Å². The second kappa shape index (κ2) is 6.43. The number of rotatable bonds is 6. The monoisotopic (exact) mass is 295 g/mol. The van der Waals surface area contributed by atoms with Gasteiger partial charge in [0.25, 0.3) is 0 Å². The van der Waals surface area contributed by atoms with Crippen LogP contribution in [-0.2, 0) is 4.79 Å². The maximum Gasteiger partial charge on any atom is 0.311 e. The molecule has 1 saturated heterocycles. The van der Waals surface area contributed by atoms with Gasteiger partial charge in [-0.1, -0.05) is 13.8 Å². The molecule has 0 spiro atoms. The summed E-state index contributed by atoms with van der Waals surface area (Å²) in [4.78, 5) is 13.7. The third-order valence-corrected chi connectivity index (χ3v) is 4.40. The lowest BCUT2D eigenvalue weighted by atomic mass is 9.76. The molecule has 5 heteroatoms. The fraction of sp³-hybridized carbons (Fsp3) is 0.562. The standard InChI is InChI=1S/C16H22FNO3/c1-12(2)16(15(19)20)7-8-18(11-16)9-10-21-14-5-3-13(17)4-6-14/h3-6,12H,7-11H2,1-2H3,(H,19,20). The minimum Gasteiger partial charge on any atom is -0.492 e. The number of carbonyl (C=O) groups is 1. The van der Waals surface area contributed by atoms with Gasteiger partial charge in [-0.2, -0.15) is 0 Å². The van der Waals surface area contributed by atoms with E-state index in [1.165, 1.54) is 12.1 Å². The van der Waals surface area contributed by atoms with E-state index in [9.17, 15) is 14.3 Å². The van der Waals surface area contributed by atoms with Gasteiger partial charge in [-0.15, -0.1) is 0 Å². The van der Waals surface area contributed by atoms with Crippen molar-refractivity contribution in [1.82, 2.24) is 4.90 Å². The highest BCUT2D eigenvalue weighted by atomic mass is 19.1. The number of aliphatic carboxylic acids is 1. The van der Waals surface area contributed by atoms with Gasteiger partial charge in [-0.3, -0.25) is 9.69 Å². The molecule has 1 N–H and O–H groups in total. The number of likely N-dealkylation sites (tertiary alicyclic amines) is 1. The van der Waals surface area contributed by atoms with Crippen molar-refractivity contribution in [3.63, 3.8) is 0 Å². The summed E-state index contributed by atoms with van der Waals surface area (Å²) in [6.45, 7) is 6.42. The molecule has 1 aromatic rings. The average Bonchev–Trinajstić information content (AvgIpc) is 2.87. The Morgan fingerprint density at radius 3 is 2.62 bits per heavy atom. The van der Waals surface area contributed by atoms with Crippen molar-refractivity contribution in [2.24, 2.45) is 11.3 Å². The summed E-state index contributed by atoms with van der Waals surface area (Å²) in [6.07, 6.45) is 0.677. The topological polar surface area (TPSA) is 49.8 Å². The molecule has 4 nitrogen and oxygen atoms in total. The third kappa shape index (κ3) is 3.53. The fourth-order valence-corrected chi connectivity index (χ4v) is 2.82. The lowest BCUT2D eigenvalue weighted by Gasteiger charge is -2.28. The second-order valence-electron chi connectivity index (χ2n) is 5.94. The molecule has 1 unspecified atom stereocenters. The SMILES string of the molecule is CC(C)C1(C(=O)O)CCN(CCOc2ccc(F)cc2)C1. The molecular formula is C16H22FNO3. The first kappa shape index (κ1) is 15.8. The fourth-order valence-electron chi connectivity index (χ4n) is 2.82. The first-order valence-corrected chi connectivity index (χ1v) is 7.28. The summed E-state index contributed by atoms with van der Waals surface area (Å²) in [6, 6.07) is 5.91. The van der Waals surface area contributed by atoms with Crippen molar-refractivity contribution < 1.29 is 19.0 Å². The zero-order valence-electron chi connectivity index (χ0n) is 12.5. The summed E-state index contributed by atoms with van der Waals surface area (Å²) in [5.74, 6) is -0.258. The molecule has 1 heterocycles. The number of benzene rings is 1. The molecule has 1 atom stereocenters. The Kier molecular flexibility index (Phi) is 4.83. The Bertz CT molecular complexity index is 489. The van der Waals surface area contributed by atoms with E-state index in [4.69, 9.17) is 4.74 Å². The van der Waals surface area contributed by atoms with Crippen molar-refractivity contribution in [2.45, 2.75) is 20.3 Å². The van der Waals surface area contributed by atoms with Crippen LogP contribution in [0.1, 0.15) is 20.3 Å². The lowest BCUT2D eigenvalue weighted by Crippen LogP contribution is -2.39. The van der Waals surface area contributed by atoms with Crippen LogP contribution in [0.5, 0.6) is 5.75 Å². The minimum atomic E-state index is -0.709. The average molecular weight is 295 g/mol. The van der Waals surface area contributed by atoms with E-state index in [1.54, 1.807) is 12.1 Å². The number of hydrogen-bond donors (Lipinski definition) is 1. The second-order valence-corrected chi connectivity index (χ2v) is 5.94. The first-order chi connectivity index (χ1) is 9.94. The van der Waals surface area contributed by atoms with Crippen LogP contribution in [0.2, 0.25) is 0 Å². The van der Waals surface area contributed by atoms with Gasteiger partial charge in [0, 0.05) is 13.1 Å². The molecule has 0 aromatic heterocycles. The molecule has 0 radical (unpaired) electrons. The Morgan fingerprint density at radius 1 is 1.43 bits per heavy atom. The highest BCUT2D eigenvalue weighted by molar-refractivity contribution is 5.75. The molecule has 0 bridgehead atoms.